The van der Waals surface area contributed by atoms with Crippen molar-refractivity contribution < 1.29 is 9.53 Å². The lowest BCUT2D eigenvalue weighted by molar-refractivity contribution is 0.0909. The van der Waals surface area contributed by atoms with Crippen LogP contribution in [0, 0.1) is 19.8 Å². The Balaban J connectivity index is 2.16. The Hall–Kier alpha value is -1.51. The van der Waals surface area contributed by atoms with Crippen LogP contribution in [0.5, 0.6) is 5.75 Å². The van der Waals surface area contributed by atoms with Crippen molar-refractivity contribution in [2.75, 3.05) is 7.11 Å². The number of methoxy groups -OCH3 is 1. The summed E-state index contributed by atoms with van der Waals surface area (Å²) in [5, 5.41) is 3.22. The number of amides is 1. The smallest absolute Gasteiger partial charge is 0.252 e. The number of hydrogen-bond acceptors (Lipinski definition) is 2. The van der Waals surface area contributed by atoms with Crippen molar-refractivity contribution in [3.8, 4) is 5.75 Å². The molecule has 0 heterocycles. The first-order chi connectivity index (χ1) is 9.52. The van der Waals surface area contributed by atoms with E-state index in [2.05, 4.69) is 12.2 Å². The van der Waals surface area contributed by atoms with Crippen molar-refractivity contribution in [1.82, 2.24) is 5.32 Å². The summed E-state index contributed by atoms with van der Waals surface area (Å²) >= 11 is 0. The second-order valence-corrected chi connectivity index (χ2v) is 5.98. The maximum absolute atomic E-state index is 12.5. The van der Waals surface area contributed by atoms with Crippen LogP contribution in [0.15, 0.2) is 12.1 Å². The van der Waals surface area contributed by atoms with Gasteiger partial charge in [-0.3, -0.25) is 4.79 Å². The van der Waals surface area contributed by atoms with Gasteiger partial charge in [0.2, 0.25) is 0 Å². The van der Waals surface area contributed by atoms with E-state index in [1.54, 1.807) is 7.11 Å². The van der Waals surface area contributed by atoms with E-state index in [0.717, 1.165) is 28.9 Å². The third-order valence-electron chi connectivity index (χ3n) is 4.40. The van der Waals surface area contributed by atoms with Gasteiger partial charge in [0.25, 0.3) is 5.91 Å². The summed E-state index contributed by atoms with van der Waals surface area (Å²) in [6, 6.07) is 4.16. The maximum atomic E-state index is 12.5. The van der Waals surface area contributed by atoms with E-state index in [1.165, 1.54) is 19.3 Å². The van der Waals surface area contributed by atoms with Gasteiger partial charge in [0.1, 0.15) is 5.75 Å². The number of hydrogen-bond donors (Lipinski definition) is 1. The number of carbonyl (C=O) groups excluding carboxylic acids is 1. The minimum atomic E-state index is 0.0569. The quantitative estimate of drug-likeness (QED) is 0.915. The fraction of sp³-hybridized carbons (Fsp3) is 0.588. The van der Waals surface area contributed by atoms with Gasteiger partial charge < -0.3 is 10.1 Å². The molecule has 2 rings (SSSR count). The Morgan fingerprint density at radius 2 is 1.80 bits per heavy atom. The van der Waals surface area contributed by atoms with Gasteiger partial charge in [-0.15, -0.1) is 0 Å². The van der Waals surface area contributed by atoms with E-state index >= 15 is 0 Å². The van der Waals surface area contributed by atoms with Gasteiger partial charge in [-0.1, -0.05) is 19.8 Å². The molecule has 0 aliphatic heterocycles. The number of nitrogens with one attached hydrogen (secondary N) is 1. The molecule has 3 heteroatoms. The SMILES string of the molecule is COc1cc(C)c(C(=O)NC2CCCCC2C)c(C)c1. The highest BCUT2D eigenvalue weighted by Crippen LogP contribution is 2.26. The number of rotatable bonds is 3. The van der Waals surface area contributed by atoms with Gasteiger partial charge in [-0.2, -0.15) is 0 Å². The van der Waals surface area contributed by atoms with Gasteiger partial charge in [0.15, 0.2) is 0 Å². The third-order valence-corrected chi connectivity index (χ3v) is 4.40. The normalized spacial score (nSPS) is 22.4. The first-order valence-corrected chi connectivity index (χ1v) is 7.49. The minimum absolute atomic E-state index is 0.0569. The molecule has 110 valence electrons. The topological polar surface area (TPSA) is 38.3 Å². The van der Waals surface area contributed by atoms with Gasteiger partial charge in [-0.25, -0.2) is 0 Å². The zero-order chi connectivity index (χ0) is 14.7. The maximum Gasteiger partial charge on any atom is 0.252 e. The Morgan fingerprint density at radius 1 is 1.20 bits per heavy atom. The van der Waals surface area contributed by atoms with Crippen LogP contribution < -0.4 is 10.1 Å². The second kappa shape index (κ2) is 6.29. The molecule has 1 aromatic carbocycles. The zero-order valence-electron chi connectivity index (χ0n) is 13.0. The molecule has 0 saturated heterocycles. The fourth-order valence-corrected chi connectivity index (χ4v) is 3.17. The van der Waals surface area contributed by atoms with Gasteiger partial charge >= 0.3 is 0 Å². The zero-order valence-corrected chi connectivity index (χ0v) is 13.0. The van der Waals surface area contributed by atoms with Crippen LogP contribution in [-0.2, 0) is 0 Å². The number of benzene rings is 1. The summed E-state index contributed by atoms with van der Waals surface area (Å²) in [5.74, 6) is 1.44. The Bertz CT molecular complexity index is 473. The van der Waals surface area contributed by atoms with Crippen molar-refractivity contribution in [1.29, 1.82) is 0 Å². The van der Waals surface area contributed by atoms with E-state index < -0.39 is 0 Å². The molecule has 2 unspecified atom stereocenters. The van der Waals surface area contributed by atoms with Crippen LogP contribution in [0.3, 0.4) is 0 Å². The molecule has 20 heavy (non-hydrogen) atoms. The lowest BCUT2D eigenvalue weighted by Crippen LogP contribution is -2.41. The molecule has 0 radical (unpaired) electrons. The predicted octanol–water partition coefficient (Wildman–Crippen LogP) is 3.62. The molecular formula is C17H25NO2. The second-order valence-electron chi connectivity index (χ2n) is 5.98. The predicted molar refractivity (Wildman–Crippen MR) is 81.4 cm³/mol. The highest BCUT2D eigenvalue weighted by Gasteiger charge is 2.24. The van der Waals surface area contributed by atoms with Crippen LogP contribution in [0.4, 0.5) is 0 Å². The van der Waals surface area contributed by atoms with Gasteiger partial charge in [0.05, 0.1) is 7.11 Å². The Morgan fingerprint density at radius 3 is 2.35 bits per heavy atom. The molecule has 0 aromatic heterocycles. The molecule has 0 spiro atoms. The molecular weight excluding hydrogens is 250 g/mol. The Kier molecular flexibility index (Phi) is 4.69. The summed E-state index contributed by atoms with van der Waals surface area (Å²) in [6.45, 7) is 6.17. The molecule has 3 nitrogen and oxygen atoms in total. The van der Waals surface area contributed by atoms with Crippen LogP contribution in [0.25, 0.3) is 0 Å². The molecule has 1 fully saturated rings. The van der Waals surface area contributed by atoms with E-state index in [0.29, 0.717) is 12.0 Å². The molecule has 1 aliphatic carbocycles. The largest absolute Gasteiger partial charge is 0.497 e. The monoisotopic (exact) mass is 275 g/mol. The van der Waals surface area contributed by atoms with Crippen molar-refractivity contribution in [3.05, 3.63) is 28.8 Å². The third kappa shape index (κ3) is 3.14. The first kappa shape index (κ1) is 14.9. The van der Waals surface area contributed by atoms with Gasteiger partial charge in [-0.05, 0) is 55.9 Å². The molecule has 2 atom stereocenters. The highest BCUT2D eigenvalue weighted by atomic mass is 16.5. The molecule has 1 N–H and O–H groups in total. The Labute approximate surface area is 121 Å². The number of aryl methyl sites for hydroxylation is 2. The molecule has 1 saturated carbocycles. The van der Waals surface area contributed by atoms with E-state index in [4.69, 9.17) is 4.74 Å². The van der Waals surface area contributed by atoms with Crippen LogP contribution in [0.1, 0.15) is 54.1 Å². The number of ether oxygens (including phenoxy) is 1. The average molecular weight is 275 g/mol. The van der Waals surface area contributed by atoms with Crippen molar-refractivity contribution in [3.63, 3.8) is 0 Å². The van der Waals surface area contributed by atoms with Gasteiger partial charge in [0, 0.05) is 11.6 Å². The molecule has 1 aliphatic rings. The minimum Gasteiger partial charge on any atom is -0.497 e. The molecule has 1 amide bonds. The van der Waals surface area contributed by atoms with E-state index in [1.807, 2.05) is 26.0 Å². The lowest BCUT2D eigenvalue weighted by atomic mass is 9.85. The highest BCUT2D eigenvalue weighted by molar-refractivity contribution is 5.97. The lowest BCUT2D eigenvalue weighted by Gasteiger charge is -2.30. The number of carbonyl (C=O) groups is 1. The molecule has 1 aromatic rings. The van der Waals surface area contributed by atoms with E-state index in [-0.39, 0.29) is 5.91 Å². The average Bonchev–Trinajstić information content (AvgIpc) is 2.40. The summed E-state index contributed by atoms with van der Waals surface area (Å²) in [5.41, 5.74) is 2.74. The van der Waals surface area contributed by atoms with E-state index in [9.17, 15) is 4.79 Å². The van der Waals surface area contributed by atoms with Crippen molar-refractivity contribution >= 4 is 5.91 Å². The van der Waals surface area contributed by atoms with Crippen LogP contribution in [-0.4, -0.2) is 19.1 Å². The van der Waals surface area contributed by atoms with Crippen LogP contribution in [0.2, 0.25) is 0 Å². The summed E-state index contributed by atoms with van der Waals surface area (Å²) in [6.07, 6.45) is 4.82. The summed E-state index contributed by atoms with van der Waals surface area (Å²) < 4.78 is 5.25. The molecule has 0 bridgehead atoms. The summed E-state index contributed by atoms with van der Waals surface area (Å²) in [4.78, 5) is 12.5. The fourth-order valence-electron chi connectivity index (χ4n) is 3.17. The van der Waals surface area contributed by atoms with Crippen molar-refractivity contribution in [2.24, 2.45) is 5.92 Å². The van der Waals surface area contributed by atoms with Crippen molar-refractivity contribution in [2.45, 2.75) is 52.5 Å². The standard InChI is InChI=1S/C17H25NO2/c1-11-7-5-6-8-15(11)18-17(19)16-12(2)9-14(20-4)10-13(16)3/h9-11,15H,5-8H2,1-4H3,(H,18,19). The summed E-state index contributed by atoms with van der Waals surface area (Å²) in [7, 11) is 1.65. The first-order valence-electron chi connectivity index (χ1n) is 7.49. The van der Waals surface area contributed by atoms with Crippen LogP contribution >= 0.6 is 0 Å².